The second-order valence-corrected chi connectivity index (χ2v) is 9.95. The SMILES string of the molecule is Cc1cccc2c1nc(COc1ccc(Cl)cc1)n2CCC(C)CN1CCc2ccccc2C1. The fourth-order valence-corrected chi connectivity index (χ4v) is 5.09. The molecule has 2 heterocycles. The zero-order chi connectivity index (χ0) is 23.5. The Morgan fingerprint density at radius 1 is 1.00 bits per heavy atom. The summed E-state index contributed by atoms with van der Waals surface area (Å²) in [6, 6.07) is 22.8. The largest absolute Gasteiger partial charge is 0.486 e. The normalized spacial score (nSPS) is 14.8. The highest BCUT2D eigenvalue weighted by molar-refractivity contribution is 6.30. The Kier molecular flexibility index (Phi) is 6.89. The van der Waals surface area contributed by atoms with Gasteiger partial charge >= 0.3 is 0 Å². The molecule has 5 heteroatoms. The number of halogens is 1. The molecule has 0 aliphatic carbocycles. The molecular weight excluding hydrogens is 442 g/mol. The molecule has 0 spiro atoms. The van der Waals surface area contributed by atoms with Crippen LogP contribution in [-0.4, -0.2) is 27.5 Å². The fraction of sp³-hybridized carbons (Fsp3) is 0.345. The highest BCUT2D eigenvalue weighted by Gasteiger charge is 2.19. The van der Waals surface area contributed by atoms with E-state index in [9.17, 15) is 0 Å². The minimum Gasteiger partial charge on any atom is -0.486 e. The number of hydrogen-bond acceptors (Lipinski definition) is 3. The van der Waals surface area contributed by atoms with E-state index in [4.69, 9.17) is 21.3 Å². The van der Waals surface area contributed by atoms with Gasteiger partial charge in [-0.15, -0.1) is 0 Å². The summed E-state index contributed by atoms with van der Waals surface area (Å²) in [5.74, 6) is 2.37. The van der Waals surface area contributed by atoms with Gasteiger partial charge in [0.15, 0.2) is 0 Å². The monoisotopic (exact) mass is 473 g/mol. The van der Waals surface area contributed by atoms with Crippen molar-refractivity contribution in [2.45, 2.75) is 46.4 Å². The maximum atomic E-state index is 6.07. The lowest BCUT2D eigenvalue weighted by Gasteiger charge is -2.31. The van der Waals surface area contributed by atoms with Crippen molar-refractivity contribution in [2.24, 2.45) is 5.92 Å². The first-order chi connectivity index (χ1) is 16.6. The average molecular weight is 474 g/mol. The third-order valence-corrected chi connectivity index (χ3v) is 7.12. The number of imidazole rings is 1. The smallest absolute Gasteiger partial charge is 0.148 e. The molecular formula is C29H32ClN3O. The van der Waals surface area contributed by atoms with Crippen molar-refractivity contribution in [1.29, 1.82) is 0 Å². The molecule has 0 amide bonds. The zero-order valence-electron chi connectivity index (χ0n) is 20.0. The maximum absolute atomic E-state index is 6.07. The number of nitrogens with zero attached hydrogens (tertiary/aromatic N) is 3. The summed E-state index contributed by atoms with van der Waals surface area (Å²) in [4.78, 5) is 7.57. The van der Waals surface area contributed by atoms with Crippen molar-refractivity contribution in [3.05, 3.63) is 94.3 Å². The third-order valence-electron chi connectivity index (χ3n) is 6.87. The third kappa shape index (κ3) is 5.13. The predicted molar refractivity (Wildman–Crippen MR) is 139 cm³/mol. The van der Waals surface area contributed by atoms with Crippen LogP contribution in [0.1, 0.15) is 35.9 Å². The summed E-state index contributed by atoms with van der Waals surface area (Å²) in [6.45, 7) is 9.20. The van der Waals surface area contributed by atoms with E-state index in [1.165, 1.54) is 22.2 Å². The highest BCUT2D eigenvalue weighted by atomic mass is 35.5. The molecule has 0 saturated heterocycles. The van der Waals surface area contributed by atoms with E-state index in [0.717, 1.165) is 56.1 Å². The first-order valence-electron chi connectivity index (χ1n) is 12.2. The molecule has 3 aromatic carbocycles. The zero-order valence-corrected chi connectivity index (χ0v) is 20.8. The van der Waals surface area contributed by atoms with E-state index in [1.54, 1.807) is 0 Å². The topological polar surface area (TPSA) is 30.3 Å². The van der Waals surface area contributed by atoms with Gasteiger partial charge in [0.05, 0.1) is 11.0 Å². The van der Waals surface area contributed by atoms with Crippen LogP contribution < -0.4 is 4.74 Å². The molecule has 1 aliphatic rings. The number of aromatic nitrogens is 2. The van der Waals surface area contributed by atoms with Crippen LogP contribution in [0.2, 0.25) is 5.02 Å². The van der Waals surface area contributed by atoms with Gasteiger partial charge < -0.3 is 9.30 Å². The van der Waals surface area contributed by atoms with Gasteiger partial charge in [0.2, 0.25) is 0 Å². The van der Waals surface area contributed by atoms with Crippen LogP contribution in [0.25, 0.3) is 11.0 Å². The number of aryl methyl sites for hydroxylation is 2. The molecule has 1 atom stereocenters. The van der Waals surface area contributed by atoms with Crippen LogP contribution in [0.4, 0.5) is 0 Å². The lowest BCUT2D eigenvalue weighted by Crippen LogP contribution is -2.34. The van der Waals surface area contributed by atoms with Crippen LogP contribution in [-0.2, 0) is 26.1 Å². The van der Waals surface area contributed by atoms with E-state index in [2.05, 4.69) is 65.8 Å². The van der Waals surface area contributed by atoms with Crippen LogP contribution in [0.15, 0.2) is 66.7 Å². The van der Waals surface area contributed by atoms with Gasteiger partial charge in [-0.05, 0) is 72.7 Å². The molecule has 4 aromatic rings. The average Bonchev–Trinajstić information content (AvgIpc) is 3.21. The molecule has 176 valence electrons. The lowest BCUT2D eigenvalue weighted by atomic mass is 9.98. The molecule has 34 heavy (non-hydrogen) atoms. The van der Waals surface area contributed by atoms with Crippen LogP contribution in [0, 0.1) is 12.8 Å². The first kappa shape index (κ1) is 22.9. The van der Waals surface area contributed by atoms with Crippen molar-refractivity contribution < 1.29 is 4.74 Å². The molecule has 0 bridgehead atoms. The first-order valence-corrected chi connectivity index (χ1v) is 12.6. The van der Waals surface area contributed by atoms with E-state index < -0.39 is 0 Å². The van der Waals surface area contributed by atoms with Crippen molar-refractivity contribution in [2.75, 3.05) is 13.1 Å². The summed E-state index contributed by atoms with van der Waals surface area (Å²) < 4.78 is 8.42. The van der Waals surface area contributed by atoms with E-state index in [0.29, 0.717) is 17.5 Å². The Morgan fingerprint density at radius 2 is 1.79 bits per heavy atom. The summed E-state index contributed by atoms with van der Waals surface area (Å²) in [5, 5.41) is 0.710. The molecule has 0 radical (unpaired) electrons. The molecule has 0 N–H and O–H groups in total. The van der Waals surface area contributed by atoms with Crippen molar-refractivity contribution in [1.82, 2.24) is 14.5 Å². The Bertz CT molecular complexity index is 1260. The van der Waals surface area contributed by atoms with Crippen LogP contribution in [0.5, 0.6) is 5.75 Å². The second-order valence-electron chi connectivity index (χ2n) is 9.51. The summed E-state index contributed by atoms with van der Waals surface area (Å²) in [6.07, 6.45) is 2.26. The quantitative estimate of drug-likeness (QED) is 0.286. The minimum absolute atomic E-state index is 0.438. The minimum atomic E-state index is 0.438. The summed E-state index contributed by atoms with van der Waals surface area (Å²) in [5.41, 5.74) is 6.45. The van der Waals surface area contributed by atoms with Gasteiger partial charge in [0, 0.05) is 31.2 Å². The standard InChI is InChI=1S/C29H32ClN3O/c1-21(18-32-16-15-23-7-3-4-8-24(23)19-32)14-17-33-27-9-5-6-22(2)29(27)31-28(33)20-34-26-12-10-25(30)11-13-26/h3-13,21H,14-20H2,1-2H3. The Labute approximate surface area is 207 Å². The summed E-state index contributed by atoms with van der Waals surface area (Å²) in [7, 11) is 0. The highest BCUT2D eigenvalue weighted by Crippen LogP contribution is 2.24. The summed E-state index contributed by atoms with van der Waals surface area (Å²) >= 11 is 6.02. The number of fused-ring (bicyclic) bond motifs is 2. The van der Waals surface area contributed by atoms with E-state index >= 15 is 0 Å². The van der Waals surface area contributed by atoms with Crippen molar-refractivity contribution in [3.8, 4) is 5.75 Å². The molecule has 1 aliphatic heterocycles. The second kappa shape index (κ2) is 10.2. The Balaban J connectivity index is 1.27. The molecule has 4 nitrogen and oxygen atoms in total. The van der Waals surface area contributed by atoms with Gasteiger partial charge in [-0.1, -0.05) is 54.9 Å². The predicted octanol–water partition coefficient (Wildman–Crippen LogP) is 6.66. The van der Waals surface area contributed by atoms with Gasteiger partial charge in [-0.25, -0.2) is 4.98 Å². The number of benzene rings is 3. The van der Waals surface area contributed by atoms with Gasteiger partial charge in [0.1, 0.15) is 18.2 Å². The number of ether oxygens (including phenoxy) is 1. The Morgan fingerprint density at radius 3 is 2.62 bits per heavy atom. The molecule has 1 aromatic heterocycles. The number of hydrogen-bond donors (Lipinski definition) is 0. The van der Waals surface area contributed by atoms with Gasteiger partial charge in [-0.2, -0.15) is 0 Å². The molecule has 0 saturated carbocycles. The lowest BCUT2D eigenvalue weighted by molar-refractivity contribution is 0.211. The number of para-hydroxylation sites is 1. The van der Waals surface area contributed by atoms with Crippen molar-refractivity contribution in [3.63, 3.8) is 0 Å². The van der Waals surface area contributed by atoms with Gasteiger partial charge in [0.25, 0.3) is 0 Å². The van der Waals surface area contributed by atoms with E-state index in [-0.39, 0.29) is 0 Å². The van der Waals surface area contributed by atoms with Crippen LogP contribution >= 0.6 is 11.6 Å². The Hall–Kier alpha value is -2.82. The van der Waals surface area contributed by atoms with Crippen molar-refractivity contribution >= 4 is 22.6 Å². The maximum Gasteiger partial charge on any atom is 0.148 e. The number of rotatable bonds is 8. The van der Waals surface area contributed by atoms with Crippen LogP contribution in [0.3, 0.4) is 0 Å². The fourth-order valence-electron chi connectivity index (χ4n) is 4.97. The molecule has 1 unspecified atom stereocenters. The van der Waals surface area contributed by atoms with Gasteiger partial charge in [-0.3, -0.25) is 4.90 Å². The molecule has 5 rings (SSSR count). The molecule has 0 fully saturated rings. The van der Waals surface area contributed by atoms with E-state index in [1.807, 2.05) is 24.3 Å².